The van der Waals surface area contributed by atoms with Crippen LogP contribution in [0.15, 0.2) is 33.3 Å². The maximum Gasteiger partial charge on any atom is 0.259 e. The highest BCUT2D eigenvalue weighted by Gasteiger charge is 2.22. The van der Waals surface area contributed by atoms with Gasteiger partial charge in [0.05, 0.1) is 22.3 Å². The summed E-state index contributed by atoms with van der Waals surface area (Å²) >= 11 is 3.20. The summed E-state index contributed by atoms with van der Waals surface area (Å²) in [6, 6.07) is 6.20. The maximum absolute atomic E-state index is 14.1. The third-order valence-corrected chi connectivity index (χ3v) is 4.04. The van der Waals surface area contributed by atoms with Crippen LogP contribution in [0.1, 0.15) is 21.7 Å². The highest BCUT2D eigenvalue weighted by Crippen LogP contribution is 2.27. The van der Waals surface area contributed by atoms with E-state index in [1.165, 1.54) is 18.0 Å². The molecule has 5 nitrogen and oxygen atoms in total. The number of halogens is 2. The maximum atomic E-state index is 14.1. The number of pyridine rings is 1. The van der Waals surface area contributed by atoms with E-state index in [1.807, 2.05) is 0 Å². The number of anilines is 1. The number of carbonyl (C=O) groups is 1. The van der Waals surface area contributed by atoms with Crippen molar-refractivity contribution in [2.45, 2.75) is 13.8 Å². The fourth-order valence-corrected chi connectivity index (χ4v) is 2.76. The second-order valence-electron chi connectivity index (χ2n) is 5.22. The lowest BCUT2D eigenvalue weighted by Gasteiger charge is -2.18. The van der Waals surface area contributed by atoms with Gasteiger partial charge in [-0.25, -0.2) is 9.37 Å². The van der Waals surface area contributed by atoms with E-state index in [-0.39, 0.29) is 11.6 Å². The third-order valence-electron chi connectivity index (χ3n) is 3.55. The van der Waals surface area contributed by atoms with Crippen molar-refractivity contribution in [2.75, 3.05) is 11.9 Å². The first-order valence-corrected chi connectivity index (χ1v) is 7.64. The molecule has 0 bridgehead atoms. The van der Waals surface area contributed by atoms with E-state index in [0.29, 0.717) is 32.5 Å². The molecular formula is C16H13BrFN3O2. The van der Waals surface area contributed by atoms with Crippen molar-refractivity contribution in [3.05, 3.63) is 51.5 Å². The number of nitrogens with zero attached hydrogens (tertiary/aromatic N) is 3. The zero-order valence-corrected chi connectivity index (χ0v) is 14.3. The van der Waals surface area contributed by atoms with E-state index in [9.17, 15) is 9.18 Å². The fraction of sp³-hybridized carbons (Fsp3) is 0.188. The van der Waals surface area contributed by atoms with Crippen molar-refractivity contribution < 1.29 is 13.7 Å². The first-order chi connectivity index (χ1) is 10.9. The molecular weight excluding hydrogens is 365 g/mol. The van der Waals surface area contributed by atoms with E-state index in [0.717, 1.165) is 0 Å². The Balaban J connectivity index is 2.11. The molecule has 0 saturated heterocycles. The predicted molar refractivity (Wildman–Crippen MR) is 88.1 cm³/mol. The summed E-state index contributed by atoms with van der Waals surface area (Å²) in [5.74, 6) is -0.840. The van der Waals surface area contributed by atoms with Crippen LogP contribution in [0.25, 0.3) is 11.1 Å². The van der Waals surface area contributed by atoms with E-state index in [4.69, 9.17) is 4.52 Å². The quantitative estimate of drug-likeness (QED) is 0.676. The minimum Gasteiger partial charge on any atom is -0.336 e. The smallest absolute Gasteiger partial charge is 0.259 e. The van der Waals surface area contributed by atoms with Gasteiger partial charge in [-0.15, -0.1) is 0 Å². The molecule has 23 heavy (non-hydrogen) atoms. The molecule has 0 aliphatic carbocycles. The van der Waals surface area contributed by atoms with Gasteiger partial charge in [-0.05, 0) is 38.1 Å². The number of aromatic nitrogens is 2. The van der Waals surface area contributed by atoms with Crippen LogP contribution in [0.5, 0.6) is 0 Å². The van der Waals surface area contributed by atoms with E-state index in [2.05, 4.69) is 26.1 Å². The average Bonchev–Trinajstić information content (AvgIpc) is 2.86. The summed E-state index contributed by atoms with van der Waals surface area (Å²) in [4.78, 5) is 18.3. The van der Waals surface area contributed by atoms with Gasteiger partial charge >= 0.3 is 0 Å². The Labute approximate surface area is 140 Å². The molecule has 7 heteroatoms. The Kier molecular flexibility index (Phi) is 3.89. The summed E-state index contributed by atoms with van der Waals surface area (Å²) in [5, 5.41) is 4.40. The Morgan fingerprint density at radius 2 is 2.04 bits per heavy atom. The standard InChI is InChI=1S/C16H13BrFN3O2/c1-8-6-11(14-9(2)20-23-15(14)19-8)16(22)21(3)13-5-4-10(17)7-12(13)18/h4-7H,1-3H3. The lowest BCUT2D eigenvalue weighted by Crippen LogP contribution is -2.27. The van der Waals surface area contributed by atoms with Gasteiger partial charge in [0.25, 0.3) is 11.6 Å². The summed E-state index contributed by atoms with van der Waals surface area (Å²) < 4.78 is 19.9. The van der Waals surface area contributed by atoms with Crippen molar-refractivity contribution in [1.82, 2.24) is 10.1 Å². The molecule has 0 saturated carbocycles. The highest BCUT2D eigenvalue weighted by molar-refractivity contribution is 9.10. The number of rotatable bonds is 2. The molecule has 0 spiro atoms. The van der Waals surface area contributed by atoms with Gasteiger partial charge in [0, 0.05) is 17.2 Å². The van der Waals surface area contributed by atoms with Gasteiger partial charge in [-0.3, -0.25) is 4.79 Å². The Morgan fingerprint density at radius 3 is 2.74 bits per heavy atom. The topological polar surface area (TPSA) is 59.2 Å². The van der Waals surface area contributed by atoms with Crippen LogP contribution in [0.4, 0.5) is 10.1 Å². The van der Waals surface area contributed by atoms with Crippen LogP contribution in [0.2, 0.25) is 0 Å². The summed E-state index contributed by atoms with van der Waals surface area (Å²) in [5.41, 5.74) is 2.07. The third kappa shape index (κ3) is 2.72. The predicted octanol–water partition coefficient (Wildman–Crippen LogP) is 4.02. The van der Waals surface area contributed by atoms with Crippen molar-refractivity contribution in [2.24, 2.45) is 0 Å². The molecule has 1 aromatic carbocycles. The molecule has 2 heterocycles. The van der Waals surface area contributed by atoms with Gasteiger partial charge in [-0.1, -0.05) is 21.1 Å². The molecule has 0 aliphatic heterocycles. The van der Waals surface area contributed by atoms with Crippen molar-refractivity contribution >= 4 is 38.6 Å². The van der Waals surface area contributed by atoms with Crippen molar-refractivity contribution in [1.29, 1.82) is 0 Å². The highest BCUT2D eigenvalue weighted by atomic mass is 79.9. The molecule has 3 aromatic rings. The normalized spacial score (nSPS) is 11.0. The number of amides is 1. The molecule has 0 N–H and O–H groups in total. The van der Waals surface area contributed by atoms with Crippen LogP contribution in [-0.4, -0.2) is 23.1 Å². The molecule has 3 rings (SSSR count). The molecule has 0 atom stereocenters. The van der Waals surface area contributed by atoms with E-state index < -0.39 is 5.82 Å². The zero-order chi connectivity index (χ0) is 16.7. The van der Waals surface area contributed by atoms with Gasteiger partial charge in [0.2, 0.25) is 0 Å². The minimum atomic E-state index is -0.487. The molecule has 118 valence electrons. The van der Waals surface area contributed by atoms with Gasteiger partial charge in [-0.2, -0.15) is 0 Å². The van der Waals surface area contributed by atoms with E-state index in [1.54, 1.807) is 32.0 Å². The van der Waals surface area contributed by atoms with Crippen molar-refractivity contribution in [3.8, 4) is 0 Å². The number of fused-ring (bicyclic) bond motifs is 1. The van der Waals surface area contributed by atoms with Crippen LogP contribution < -0.4 is 4.90 Å². The molecule has 1 amide bonds. The largest absolute Gasteiger partial charge is 0.336 e. The molecule has 0 radical (unpaired) electrons. The second kappa shape index (κ2) is 5.73. The van der Waals surface area contributed by atoms with Crippen LogP contribution in [0.3, 0.4) is 0 Å². The lowest BCUT2D eigenvalue weighted by atomic mass is 10.1. The van der Waals surface area contributed by atoms with E-state index >= 15 is 0 Å². The average molecular weight is 378 g/mol. The Morgan fingerprint density at radius 1 is 1.30 bits per heavy atom. The Bertz CT molecular complexity index is 923. The molecule has 0 unspecified atom stereocenters. The number of aryl methyl sites for hydroxylation is 2. The summed E-state index contributed by atoms with van der Waals surface area (Å²) in [6.07, 6.45) is 0. The minimum absolute atomic E-state index is 0.190. The van der Waals surface area contributed by atoms with Crippen LogP contribution in [-0.2, 0) is 0 Å². The fourth-order valence-electron chi connectivity index (χ4n) is 2.43. The number of benzene rings is 1. The zero-order valence-electron chi connectivity index (χ0n) is 12.7. The SMILES string of the molecule is Cc1cc(C(=O)N(C)c2ccc(Br)cc2F)c2c(C)noc2n1. The van der Waals surface area contributed by atoms with Crippen molar-refractivity contribution in [3.63, 3.8) is 0 Å². The molecule has 0 fully saturated rings. The number of hydrogen-bond donors (Lipinski definition) is 0. The van der Waals surface area contributed by atoms with Crippen LogP contribution >= 0.6 is 15.9 Å². The monoisotopic (exact) mass is 377 g/mol. The number of hydrogen-bond acceptors (Lipinski definition) is 4. The first-order valence-electron chi connectivity index (χ1n) is 6.85. The van der Waals surface area contributed by atoms with Gasteiger partial charge in [0.1, 0.15) is 5.82 Å². The molecule has 2 aromatic heterocycles. The summed E-state index contributed by atoms with van der Waals surface area (Å²) in [7, 11) is 1.53. The first kappa shape index (κ1) is 15.6. The lowest BCUT2D eigenvalue weighted by molar-refractivity contribution is 0.0993. The molecule has 0 aliphatic rings. The number of carbonyl (C=O) groups excluding carboxylic acids is 1. The summed E-state index contributed by atoms with van der Waals surface area (Å²) in [6.45, 7) is 3.49. The Hall–Kier alpha value is -2.28. The second-order valence-corrected chi connectivity index (χ2v) is 6.13. The van der Waals surface area contributed by atoms with Gasteiger partial charge in [0.15, 0.2) is 0 Å². The van der Waals surface area contributed by atoms with Crippen LogP contribution in [0, 0.1) is 19.7 Å². The van der Waals surface area contributed by atoms with Gasteiger partial charge < -0.3 is 9.42 Å².